The summed E-state index contributed by atoms with van der Waals surface area (Å²) in [6, 6.07) is 2.05. The van der Waals surface area contributed by atoms with Crippen molar-refractivity contribution in [2.45, 2.75) is 58.3 Å². The van der Waals surface area contributed by atoms with Crippen LogP contribution in [0.15, 0.2) is 15.5 Å². The molecule has 25 heavy (non-hydrogen) atoms. The molecule has 1 saturated heterocycles. The number of rotatable bonds is 3. The SMILES string of the molecule is Cc1nc(C2CCN(S(=O)(=O)c3c(C)c(C)cc(C)c3C)CC2)no1. The van der Waals surface area contributed by atoms with Crippen LogP contribution < -0.4 is 0 Å². The van der Waals surface area contributed by atoms with Gasteiger partial charge >= 0.3 is 0 Å². The Morgan fingerprint density at radius 3 is 2.08 bits per heavy atom. The quantitative estimate of drug-likeness (QED) is 0.837. The summed E-state index contributed by atoms with van der Waals surface area (Å²) in [5.41, 5.74) is 3.72. The molecule has 136 valence electrons. The van der Waals surface area contributed by atoms with Crippen LogP contribution in [0.4, 0.5) is 0 Å². The van der Waals surface area contributed by atoms with E-state index in [1.807, 2.05) is 27.7 Å². The molecule has 0 bridgehead atoms. The average molecular weight is 363 g/mol. The van der Waals surface area contributed by atoms with Gasteiger partial charge in [0.2, 0.25) is 15.9 Å². The zero-order valence-electron chi connectivity index (χ0n) is 15.5. The molecule has 0 N–H and O–H groups in total. The molecular formula is C18H25N3O3S. The van der Waals surface area contributed by atoms with Crippen molar-refractivity contribution in [3.05, 3.63) is 40.0 Å². The number of hydrogen-bond acceptors (Lipinski definition) is 5. The summed E-state index contributed by atoms with van der Waals surface area (Å²) in [6.45, 7) is 10.4. The smallest absolute Gasteiger partial charge is 0.243 e. The van der Waals surface area contributed by atoms with Crippen LogP contribution in [0, 0.1) is 34.6 Å². The minimum absolute atomic E-state index is 0.158. The summed E-state index contributed by atoms with van der Waals surface area (Å²) >= 11 is 0. The number of aryl methyl sites for hydroxylation is 3. The molecule has 0 saturated carbocycles. The number of hydrogen-bond donors (Lipinski definition) is 0. The van der Waals surface area contributed by atoms with Gasteiger partial charge in [-0.05, 0) is 62.8 Å². The molecular weight excluding hydrogens is 338 g/mol. The molecule has 1 aromatic carbocycles. The molecule has 0 spiro atoms. The van der Waals surface area contributed by atoms with Gasteiger partial charge in [-0.2, -0.15) is 9.29 Å². The van der Waals surface area contributed by atoms with Crippen LogP contribution in [0.2, 0.25) is 0 Å². The maximum Gasteiger partial charge on any atom is 0.243 e. The predicted molar refractivity (Wildman–Crippen MR) is 95.2 cm³/mol. The molecule has 0 aliphatic carbocycles. The van der Waals surface area contributed by atoms with Crippen molar-refractivity contribution in [2.24, 2.45) is 0 Å². The van der Waals surface area contributed by atoms with Crippen molar-refractivity contribution in [3.63, 3.8) is 0 Å². The van der Waals surface area contributed by atoms with Gasteiger partial charge in [0.1, 0.15) is 0 Å². The molecule has 1 aromatic heterocycles. The number of piperidine rings is 1. The minimum atomic E-state index is -3.50. The molecule has 0 unspecified atom stereocenters. The number of benzene rings is 1. The van der Waals surface area contributed by atoms with Gasteiger partial charge in [0.25, 0.3) is 0 Å². The fourth-order valence-electron chi connectivity index (χ4n) is 3.53. The first-order valence-corrected chi connectivity index (χ1v) is 10.0. The van der Waals surface area contributed by atoms with E-state index in [0.717, 1.165) is 22.3 Å². The first-order valence-electron chi connectivity index (χ1n) is 8.59. The number of aromatic nitrogens is 2. The van der Waals surface area contributed by atoms with Crippen LogP contribution >= 0.6 is 0 Å². The third-order valence-corrected chi connectivity index (χ3v) is 7.43. The lowest BCUT2D eigenvalue weighted by Crippen LogP contribution is -2.38. The molecule has 6 nitrogen and oxygen atoms in total. The Kier molecular flexibility index (Phi) is 4.72. The Bertz CT molecular complexity index is 868. The Balaban J connectivity index is 1.86. The van der Waals surface area contributed by atoms with E-state index < -0.39 is 10.0 Å². The summed E-state index contributed by atoms with van der Waals surface area (Å²) in [5, 5.41) is 3.98. The Morgan fingerprint density at radius 1 is 1.04 bits per heavy atom. The summed E-state index contributed by atoms with van der Waals surface area (Å²) in [6.07, 6.45) is 1.42. The van der Waals surface area contributed by atoms with Crippen LogP contribution in [0.3, 0.4) is 0 Å². The van der Waals surface area contributed by atoms with Gasteiger partial charge in [-0.25, -0.2) is 8.42 Å². The van der Waals surface area contributed by atoms with Crippen molar-refractivity contribution < 1.29 is 12.9 Å². The molecule has 0 atom stereocenters. The highest BCUT2D eigenvalue weighted by Crippen LogP contribution is 2.33. The van der Waals surface area contributed by atoms with Crippen LogP contribution in [-0.2, 0) is 10.0 Å². The Hall–Kier alpha value is -1.73. The molecule has 0 amide bonds. The van der Waals surface area contributed by atoms with Crippen LogP contribution in [0.5, 0.6) is 0 Å². The lowest BCUT2D eigenvalue weighted by molar-refractivity contribution is 0.305. The molecule has 7 heteroatoms. The van der Waals surface area contributed by atoms with E-state index in [0.29, 0.717) is 42.5 Å². The highest BCUT2D eigenvalue weighted by Gasteiger charge is 2.33. The number of sulfonamides is 1. The van der Waals surface area contributed by atoms with Crippen molar-refractivity contribution in [3.8, 4) is 0 Å². The van der Waals surface area contributed by atoms with Gasteiger partial charge < -0.3 is 4.52 Å². The Labute approximate surface area is 149 Å². The largest absolute Gasteiger partial charge is 0.340 e. The summed E-state index contributed by atoms with van der Waals surface area (Å²) in [5.74, 6) is 1.39. The lowest BCUT2D eigenvalue weighted by atomic mass is 9.98. The molecule has 2 heterocycles. The van der Waals surface area contributed by atoms with Crippen LogP contribution in [0.1, 0.15) is 52.7 Å². The average Bonchev–Trinajstić information content (AvgIpc) is 3.00. The highest BCUT2D eigenvalue weighted by molar-refractivity contribution is 7.89. The topological polar surface area (TPSA) is 76.3 Å². The third-order valence-electron chi connectivity index (χ3n) is 5.26. The second kappa shape index (κ2) is 6.53. The van der Waals surface area contributed by atoms with Crippen LogP contribution in [0.25, 0.3) is 0 Å². The van der Waals surface area contributed by atoms with Gasteiger partial charge in [0.05, 0.1) is 4.90 Å². The molecule has 1 aliphatic rings. The van der Waals surface area contributed by atoms with Gasteiger partial charge in [-0.15, -0.1) is 0 Å². The fourth-order valence-corrected chi connectivity index (χ4v) is 5.58. The van der Waals surface area contributed by atoms with E-state index in [-0.39, 0.29) is 5.92 Å². The first-order chi connectivity index (χ1) is 11.7. The Morgan fingerprint density at radius 2 is 1.60 bits per heavy atom. The molecule has 3 rings (SSSR count). The standard InChI is InChI=1S/C18H25N3O3S/c1-11-10-12(2)14(4)17(13(11)3)25(22,23)21-8-6-16(7-9-21)18-19-15(5)24-20-18/h10,16H,6-9H2,1-5H3. The van der Waals surface area contributed by atoms with Gasteiger partial charge in [-0.3, -0.25) is 0 Å². The number of nitrogens with zero attached hydrogens (tertiary/aromatic N) is 3. The highest BCUT2D eigenvalue weighted by atomic mass is 32.2. The first kappa shape index (κ1) is 18.1. The van der Waals surface area contributed by atoms with Crippen molar-refractivity contribution >= 4 is 10.0 Å². The molecule has 2 aromatic rings. The predicted octanol–water partition coefficient (Wildman–Crippen LogP) is 3.18. The van der Waals surface area contributed by atoms with Gasteiger partial charge in [0.15, 0.2) is 5.82 Å². The van der Waals surface area contributed by atoms with E-state index >= 15 is 0 Å². The van der Waals surface area contributed by atoms with Gasteiger partial charge in [0, 0.05) is 25.9 Å². The fraction of sp³-hybridized carbons (Fsp3) is 0.556. The molecule has 1 fully saturated rings. The van der Waals surface area contributed by atoms with Crippen molar-refractivity contribution in [1.29, 1.82) is 0 Å². The molecule has 0 radical (unpaired) electrons. The zero-order chi connectivity index (χ0) is 18.4. The summed E-state index contributed by atoms with van der Waals surface area (Å²) in [4.78, 5) is 4.76. The maximum absolute atomic E-state index is 13.3. The van der Waals surface area contributed by atoms with Crippen LogP contribution in [-0.4, -0.2) is 36.0 Å². The van der Waals surface area contributed by atoms with E-state index in [1.165, 1.54) is 0 Å². The van der Waals surface area contributed by atoms with E-state index in [4.69, 9.17) is 4.52 Å². The van der Waals surface area contributed by atoms with E-state index in [2.05, 4.69) is 16.2 Å². The van der Waals surface area contributed by atoms with Crippen molar-refractivity contribution in [2.75, 3.05) is 13.1 Å². The summed E-state index contributed by atoms with van der Waals surface area (Å²) in [7, 11) is -3.50. The zero-order valence-corrected chi connectivity index (χ0v) is 16.3. The summed E-state index contributed by atoms with van der Waals surface area (Å²) < 4.78 is 33.2. The monoisotopic (exact) mass is 363 g/mol. The minimum Gasteiger partial charge on any atom is -0.340 e. The maximum atomic E-state index is 13.3. The third kappa shape index (κ3) is 3.22. The molecule has 1 aliphatic heterocycles. The second-order valence-corrected chi connectivity index (χ2v) is 8.81. The lowest BCUT2D eigenvalue weighted by Gasteiger charge is -2.31. The van der Waals surface area contributed by atoms with Crippen molar-refractivity contribution in [1.82, 2.24) is 14.4 Å². The van der Waals surface area contributed by atoms with E-state index in [1.54, 1.807) is 11.2 Å². The second-order valence-electron chi connectivity index (χ2n) is 6.94. The van der Waals surface area contributed by atoms with Gasteiger partial charge in [-0.1, -0.05) is 11.2 Å². The van der Waals surface area contributed by atoms with E-state index in [9.17, 15) is 8.42 Å². The normalized spacial score (nSPS) is 17.2.